The fourth-order valence-electron chi connectivity index (χ4n) is 3.69. The predicted octanol–water partition coefficient (Wildman–Crippen LogP) is 1.69. The maximum atomic E-state index is 12.1. The van der Waals surface area contributed by atoms with E-state index >= 15 is 0 Å². The zero-order chi connectivity index (χ0) is 14.6. The summed E-state index contributed by atoms with van der Waals surface area (Å²) in [6.07, 6.45) is 7.11. The average molecular weight is 283 g/mol. The summed E-state index contributed by atoms with van der Waals surface area (Å²) in [5.74, 6) is -1.03. The predicted molar refractivity (Wildman–Crippen MR) is 74.2 cm³/mol. The van der Waals surface area contributed by atoms with Gasteiger partial charge in [-0.2, -0.15) is 0 Å². The Labute approximate surface area is 119 Å². The van der Waals surface area contributed by atoms with Gasteiger partial charge in [0.25, 0.3) is 0 Å². The van der Waals surface area contributed by atoms with Crippen molar-refractivity contribution in [2.24, 2.45) is 10.8 Å². The number of hydrogen-bond donors (Lipinski definition) is 3. The Morgan fingerprint density at radius 2 is 1.55 bits per heavy atom. The summed E-state index contributed by atoms with van der Waals surface area (Å²) in [7, 11) is 0. The highest BCUT2D eigenvalue weighted by atomic mass is 16.4. The first-order valence-corrected chi connectivity index (χ1v) is 7.63. The van der Waals surface area contributed by atoms with Crippen LogP contribution in [0.3, 0.4) is 0 Å². The molecule has 0 atom stereocenters. The third kappa shape index (κ3) is 3.14. The minimum atomic E-state index is -0.855. The van der Waals surface area contributed by atoms with E-state index < -0.39 is 11.4 Å². The Kier molecular flexibility index (Phi) is 4.68. The van der Waals surface area contributed by atoms with Crippen LogP contribution in [-0.4, -0.2) is 35.2 Å². The molecular formula is C15H25NO4. The van der Waals surface area contributed by atoms with Crippen LogP contribution in [0.25, 0.3) is 0 Å². The summed E-state index contributed by atoms with van der Waals surface area (Å²) in [5.41, 5.74) is -1.03. The van der Waals surface area contributed by atoms with Crippen LogP contribution in [0, 0.1) is 10.8 Å². The van der Waals surface area contributed by atoms with Crippen molar-refractivity contribution in [3.05, 3.63) is 0 Å². The molecule has 2 rings (SSSR count). The Morgan fingerprint density at radius 1 is 1.00 bits per heavy atom. The van der Waals surface area contributed by atoms with Crippen molar-refractivity contribution < 1.29 is 19.8 Å². The molecule has 20 heavy (non-hydrogen) atoms. The molecule has 0 unspecified atom stereocenters. The summed E-state index contributed by atoms with van der Waals surface area (Å²) < 4.78 is 0. The van der Waals surface area contributed by atoms with Crippen LogP contribution in [0.2, 0.25) is 0 Å². The molecule has 2 saturated carbocycles. The lowest BCUT2D eigenvalue weighted by atomic mass is 9.82. The molecule has 2 fully saturated rings. The highest BCUT2D eigenvalue weighted by molar-refractivity contribution is 5.85. The van der Waals surface area contributed by atoms with Crippen molar-refractivity contribution in [2.75, 3.05) is 13.2 Å². The van der Waals surface area contributed by atoms with Gasteiger partial charge in [-0.1, -0.05) is 25.7 Å². The standard InChI is InChI=1S/C15H25NO4/c17-11-14(5-1-2-6-14)10-16-12(18)9-15(13(19)20)7-3-4-8-15/h17H,1-11H2,(H,16,18)(H,19,20). The highest BCUT2D eigenvalue weighted by Gasteiger charge is 2.43. The van der Waals surface area contributed by atoms with E-state index in [0.29, 0.717) is 19.4 Å². The van der Waals surface area contributed by atoms with Crippen LogP contribution < -0.4 is 5.32 Å². The van der Waals surface area contributed by atoms with E-state index in [0.717, 1.165) is 38.5 Å². The highest BCUT2D eigenvalue weighted by Crippen LogP contribution is 2.41. The van der Waals surface area contributed by atoms with Crippen molar-refractivity contribution in [1.29, 1.82) is 0 Å². The fourth-order valence-corrected chi connectivity index (χ4v) is 3.69. The van der Waals surface area contributed by atoms with Crippen molar-refractivity contribution in [3.8, 4) is 0 Å². The summed E-state index contributed by atoms with van der Waals surface area (Å²) in [4.78, 5) is 23.5. The first kappa shape index (κ1) is 15.3. The Morgan fingerprint density at radius 3 is 2.05 bits per heavy atom. The van der Waals surface area contributed by atoms with Crippen LogP contribution in [0.15, 0.2) is 0 Å². The molecule has 1 amide bonds. The number of nitrogens with one attached hydrogen (secondary N) is 1. The fraction of sp³-hybridized carbons (Fsp3) is 0.867. The van der Waals surface area contributed by atoms with Gasteiger partial charge < -0.3 is 15.5 Å². The van der Waals surface area contributed by atoms with Gasteiger partial charge in [0.1, 0.15) is 0 Å². The lowest BCUT2D eigenvalue weighted by Gasteiger charge is -2.28. The number of carboxylic acids is 1. The number of rotatable bonds is 6. The molecule has 0 bridgehead atoms. The van der Waals surface area contributed by atoms with Gasteiger partial charge in [0.05, 0.1) is 12.0 Å². The molecule has 0 spiro atoms. The van der Waals surface area contributed by atoms with Gasteiger partial charge in [0, 0.05) is 18.4 Å². The van der Waals surface area contributed by atoms with Crippen molar-refractivity contribution in [1.82, 2.24) is 5.32 Å². The molecule has 0 saturated heterocycles. The smallest absolute Gasteiger partial charge is 0.310 e. The number of carbonyl (C=O) groups excluding carboxylic acids is 1. The van der Waals surface area contributed by atoms with Gasteiger partial charge in [0.2, 0.25) is 5.91 Å². The molecule has 3 N–H and O–H groups in total. The second-order valence-corrected chi connectivity index (χ2v) is 6.61. The number of aliphatic carboxylic acids is 1. The molecule has 0 aliphatic heterocycles. The van der Waals surface area contributed by atoms with Gasteiger partial charge in [-0.25, -0.2) is 0 Å². The Bertz CT molecular complexity index is 368. The summed E-state index contributed by atoms with van der Waals surface area (Å²) in [6.45, 7) is 0.565. The minimum absolute atomic E-state index is 0.0733. The topological polar surface area (TPSA) is 86.6 Å². The van der Waals surface area contributed by atoms with E-state index in [-0.39, 0.29) is 24.3 Å². The maximum Gasteiger partial charge on any atom is 0.310 e. The van der Waals surface area contributed by atoms with Gasteiger partial charge in [0.15, 0.2) is 0 Å². The number of carbonyl (C=O) groups is 2. The molecule has 2 aliphatic carbocycles. The van der Waals surface area contributed by atoms with E-state index in [2.05, 4.69) is 5.32 Å². The largest absolute Gasteiger partial charge is 0.481 e. The van der Waals surface area contributed by atoms with E-state index in [4.69, 9.17) is 0 Å². The molecule has 5 nitrogen and oxygen atoms in total. The lowest BCUT2D eigenvalue weighted by Crippen LogP contribution is -2.41. The van der Waals surface area contributed by atoms with Gasteiger partial charge >= 0.3 is 5.97 Å². The van der Waals surface area contributed by atoms with Crippen LogP contribution in [-0.2, 0) is 9.59 Å². The van der Waals surface area contributed by atoms with E-state index in [1.165, 1.54) is 0 Å². The van der Waals surface area contributed by atoms with Gasteiger partial charge in [-0.05, 0) is 25.7 Å². The molecule has 5 heteroatoms. The van der Waals surface area contributed by atoms with E-state index in [9.17, 15) is 19.8 Å². The molecule has 0 radical (unpaired) electrons. The Hall–Kier alpha value is -1.10. The first-order valence-electron chi connectivity index (χ1n) is 7.63. The molecule has 0 heterocycles. The van der Waals surface area contributed by atoms with E-state index in [1.807, 2.05) is 0 Å². The minimum Gasteiger partial charge on any atom is -0.481 e. The molecule has 0 aromatic rings. The molecule has 0 aromatic heterocycles. The zero-order valence-electron chi connectivity index (χ0n) is 12.0. The number of aliphatic hydroxyl groups excluding tert-OH is 1. The number of hydrogen-bond acceptors (Lipinski definition) is 3. The third-order valence-corrected chi connectivity index (χ3v) is 5.17. The molecular weight excluding hydrogens is 258 g/mol. The SMILES string of the molecule is O=C(CC1(C(=O)O)CCCC1)NCC1(CO)CCCC1. The number of carboxylic acid groups (broad SMARTS) is 1. The lowest BCUT2D eigenvalue weighted by molar-refractivity contribution is -0.151. The van der Waals surface area contributed by atoms with Crippen LogP contribution in [0.1, 0.15) is 57.8 Å². The summed E-state index contributed by atoms with van der Waals surface area (Å²) in [5, 5.41) is 21.7. The van der Waals surface area contributed by atoms with Crippen molar-refractivity contribution in [3.63, 3.8) is 0 Å². The first-order chi connectivity index (χ1) is 9.52. The third-order valence-electron chi connectivity index (χ3n) is 5.17. The van der Waals surface area contributed by atoms with Gasteiger partial charge in [-0.15, -0.1) is 0 Å². The van der Waals surface area contributed by atoms with Gasteiger partial charge in [-0.3, -0.25) is 9.59 Å². The number of amides is 1. The van der Waals surface area contributed by atoms with Crippen molar-refractivity contribution >= 4 is 11.9 Å². The molecule has 0 aromatic carbocycles. The second-order valence-electron chi connectivity index (χ2n) is 6.61. The zero-order valence-corrected chi connectivity index (χ0v) is 12.0. The summed E-state index contributed by atoms with van der Waals surface area (Å²) in [6, 6.07) is 0. The Balaban J connectivity index is 1.87. The molecule has 2 aliphatic rings. The maximum absolute atomic E-state index is 12.1. The average Bonchev–Trinajstić information content (AvgIpc) is 3.06. The van der Waals surface area contributed by atoms with Crippen LogP contribution >= 0.6 is 0 Å². The van der Waals surface area contributed by atoms with Crippen molar-refractivity contribution in [2.45, 2.75) is 57.8 Å². The quantitative estimate of drug-likeness (QED) is 0.692. The molecule has 114 valence electrons. The monoisotopic (exact) mass is 283 g/mol. The normalized spacial score (nSPS) is 23.6. The summed E-state index contributed by atoms with van der Waals surface area (Å²) >= 11 is 0. The second kappa shape index (κ2) is 6.12. The van der Waals surface area contributed by atoms with Crippen LogP contribution in [0.4, 0.5) is 0 Å². The van der Waals surface area contributed by atoms with E-state index in [1.54, 1.807) is 0 Å². The number of aliphatic hydroxyl groups is 1. The van der Waals surface area contributed by atoms with Crippen LogP contribution in [0.5, 0.6) is 0 Å².